The molecule has 0 saturated carbocycles. The van der Waals surface area contributed by atoms with E-state index in [0.29, 0.717) is 6.42 Å². The Bertz CT molecular complexity index is 880. The SMILES string of the molecule is O=C(NCc1ccc(F)cc1)C1CC(C2CCCCN2Cc2ccccc2)NC(O)C1O. The topological polar surface area (TPSA) is 84.8 Å². The summed E-state index contributed by atoms with van der Waals surface area (Å²) in [7, 11) is 0. The van der Waals surface area contributed by atoms with Crippen molar-refractivity contribution in [1.82, 2.24) is 15.5 Å². The van der Waals surface area contributed by atoms with E-state index in [9.17, 15) is 19.4 Å². The van der Waals surface area contributed by atoms with Crippen LogP contribution >= 0.6 is 0 Å². The average Bonchev–Trinajstić information content (AvgIpc) is 2.81. The Morgan fingerprint density at radius 3 is 2.56 bits per heavy atom. The molecular formula is C25H32FN3O3. The molecule has 2 fully saturated rings. The molecule has 0 spiro atoms. The first-order chi connectivity index (χ1) is 15.5. The minimum Gasteiger partial charge on any atom is -0.388 e. The summed E-state index contributed by atoms with van der Waals surface area (Å²) in [6.07, 6.45) is 1.33. The minimum absolute atomic E-state index is 0.0982. The molecule has 5 unspecified atom stereocenters. The molecule has 32 heavy (non-hydrogen) atoms. The summed E-state index contributed by atoms with van der Waals surface area (Å²) in [6, 6.07) is 16.3. The Kier molecular flexibility index (Phi) is 7.52. The minimum atomic E-state index is -1.18. The van der Waals surface area contributed by atoms with E-state index in [4.69, 9.17) is 0 Å². The fourth-order valence-corrected chi connectivity index (χ4v) is 4.96. The number of likely N-dealkylation sites (tertiary alicyclic amines) is 1. The van der Waals surface area contributed by atoms with Gasteiger partial charge in [-0.3, -0.25) is 15.0 Å². The number of nitrogens with one attached hydrogen (secondary N) is 2. The Hall–Kier alpha value is -2.32. The van der Waals surface area contributed by atoms with Crippen LogP contribution in [0.15, 0.2) is 54.6 Å². The first-order valence-electron chi connectivity index (χ1n) is 11.4. The maximum absolute atomic E-state index is 13.1. The average molecular weight is 442 g/mol. The van der Waals surface area contributed by atoms with Crippen LogP contribution in [0.3, 0.4) is 0 Å². The van der Waals surface area contributed by atoms with Crippen molar-refractivity contribution in [3.8, 4) is 0 Å². The lowest BCUT2D eigenvalue weighted by Gasteiger charge is -2.46. The highest BCUT2D eigenvalue weighted by atomic mass is 19.1. The largest absolute Gasteiger partial charge is 0.388 e. The predicted molar refractivity (Wildman–Crippen MR) is 120 cm³/mol. The van der Waals surface area contributed by atoms with Crippen LogP contribution in [-0.2, 0) is 17.9 Å². The maximum Gasteiger partial charge on any atom is 0.226 e. The van der Waals surface area contributed by atoms with Crippen LogP contribution in [0.4, 0.5) is 4.39 Å². The molecule has 0 radical (unpaired) electrons. The van der Waals surface area contributed by atoms with Crippen molar-refractivity contribution in [1.29, 1.82) is 0 Å². The van der Waals surface area contributed by atoms with E-state index >= 15 is 0 Å². The normalized spacial score (nSPS) is 28.9. The van der Waals surface area contributed by atoms with Crippen LogP contribution in [-0.4, -0.2) is 52.0 Å². The number of hydrogen-bond acceptors (Lipinski definition) is 5. The number of amides is 1. The summed E-state index contributed by atoms with van der Waals surface area (Å²) in [5.74, 6) is -1.33. The summed E-state index contributed by atoms with van der Waals surface area (Å²) >= 11 is 0. The van der Waals surface area contributed by atoms with Crippen molar-refractivity contribution in [2.75, 3.05) is 6.54 Å². The predicted octanol–water partition coefficient (Wildman–Crippen LogP) is 2.15. The molecule has 0 bridgehead atoms. The van der Waals surface area contributed by atoms with Crippen LogP contribution in [0.2, 0.25) is 0 Å². The molecule has 2 aromatic rings. The van der Waals surface area contributed by atoms with Crippen LogP contribution in [0, 0.1) is 11.7 Å². The molecule has 6 nitrogen and oxygen atoms in total. The first-order valence-corrected chi connectivity index (χ1v) is 11.4. The summed E-state index contributed by atoms with van der Waals surface area (Å²) in [5.41, 5.74) is 2.02. The lowest BCUT2D eigenvalue weighted by Crippen LogP contribution is -2.63. The molecule has 5 atom stereocenters. The van der Waals surface area contributed by atoms with E-state index in [2.05, 4.69) is 27.7 Å². The number of rotatable bonds is 6. The molecule has 2 aromatic carbocycles. The second-order valence-corrected chi connectivity index (χ2v) is 8.91. The van der Waals surface area contributed by atoms with Gasteiger partial charge in [0.05, 0.1) is 5.92 Å². The number of aliphatic hydroxyl groups excluding tert-OH is 2. The zero-order valence-corrected chi connectivity index (χ0v) is 18.2. The van der Waals surface area contributed by atoms with Crippen molar-refractivity contribution in [3.05, 3.63) is 71.5 Å². The lowest BCUT2D eigenvalue weighted by molar-refractivity contribution is -0.140. The number of carbonyl (C=O) groups is 1. The molecule has 172 valence electrons. The Morgan fingerprint density at radius 2 is 1.81 bits per heavy atom. The first kappa shape index (κ1) is 22.9. The number of nitrogens with zero attached hydrogens (tertiary/aromatic N) is 1. The van der Waals surface area contributed by atoms with Crippen LogP contribution in [0.1, 0.15) is 36.8 Å². The van der Waals surface area contributed by atoms with E-state index in [1.807, 2.05) is 18.2 Å². The van der Waals surface area contributed by atoms with Crippen molar-refractivity contribution < 1.29 is 19.4 Å². The fraction of sp³-hybridized carbons (Fsp3) is 0.480. The van der Waals surface area contributed by atoms with Gasteiger partial charge in [-0.15, -0.1) is 0 Å². The number of piperidine rings is 2. The molecule has 4 N–H and O–H groups in total. The second kappa shape index (κ2) is 10.5. The molecule has 7 heteroatoms. The molecule has 2 heterocycles. The van der Waals surface area contributed by atoms with Crippen LogP contribution in [0.25, 0.3) is 0 Å². The number of hydrogen-bond donors (Lipinski definition) is 4. The van der Waals surface area contributed by atoms with E-state index in [-0.39, 0.29) is 30.4 Å². The zero-order chi connectivity index (χ0) is 22.5. The van der Waals surface area contributed by atoms with E-state index < -0.39 is 18.2 Å². The number of benzene rings is 2. The van der Waals surface area contributed by atoms with E-state index in [1.54, 1.807) is 12.1 Å². The summed E-state index contributed by atoms with van der Waals surface area (Å²) in [5, 5.41) is 27.0. The highest BCUT2D eigenvalue weighted by Crippen LogP contribution is 2.29. The van der Waals surface area contributed by atoms with Gasteiger partial charge in [-0.2, -0.15) is 0 Å². The summed E-state index contributed by atoms with van der Waals surface area (Å²) in [4.78, 5) is 15.3. The highest BCUT2D eigenvalue weighted by Gasteiger charge is 2.43. The molecule has 2 aliphatic heterocycles. The third kappa shape index (κ3) is 5.53. The maximum atomic E-state index is 13.1. The van der Waals surface area contributed by atoms with E-state index in [1.165, 1.54) is 17.7 Å². The molecular weight excluding hydrogens is 409 g/mol. The number of halogens is 1. The van der Waals surface area contributed by atoms with Gasteiger partial charge in [-0.25, -0.2) is 4.39 Å². The van der Waals surface area contributed by atoms with Gasteiger partial charge < -0.3 is 15.5 Å². The van der Waals surface area contributed by atoms with Gasteiger partial charge in [0.1, 0.15) is 18.1 Å². The smallest absolute Gasteiger partial charge is 0.226 e. The van der Waals surface area contributed by atoms with Gasteiger partial charge in [0.15, 0.2) is 0 Å². The Morgan fingerprint density at radius 1 is 1.06 bits per heavy atom. The highest BCUT2D eigenvalue weighted by molar-refractivity contribution is 5.79. The third-order valence-corrected chi connectivity index (χ3v) is 6.70. The third-order valence-electron chi connectivity index (χ3n) is 6.70. The molecule has 2 saturated heterocycles. The molecule has 4 rings (SSSR count). The van der Waals surface area contributed by atoms with Crippen LogP contribution < -0.4 is 10.6 Å². The van der Waals surface area contributed by atoms with Gasteiger partial charge in [0.25, 0.3) is 0 Å². The number of aliphatic hydroxyl groups is 2. The molecule has 2 aliphatic rings. The molecule has 0 aliphatic carbocycles. The monoisotopic (exact) mass is 441 g/mol. The summed E-state index contributed by atoms with van der Waals surface area (Å²) in [6.45, 7) is 2.04. The van der Waals surface area contributed by atoms with E-state index in [0.717, 1.165) is 37.9 Å². The van der Waals surface area contributed by atoms with Crippen molar-refractivity contribution in [3.63, 3.8) is 0 Å². The standard InChI is InChI=1S/C25H32FN3O3/c26-19-11-9-17(10-12-19)15-27-24(31)20-14-21(28-25(32)23(20)30)22-8-4-5-13-29(22)16-18-6-2-1-3-7-18/h1-3,6-7,9-12,20-23,25,28,30,32H,4-5,8,13-16H2,(H,27,31). The Balaban J connectivity index is 1.42. The molecule has 0 aromatic heterocycles. The zero-order valence-electron chi connectivity index (χ0n) is 18.2. The summed E-state index contributed by atoms with van der Waals surface area (Å²) < 4.78 is 13.1. The van der Waals surface area contributed by atoms with Crippen molar-refractivity contribution >= 4 is 5.91 Å². The van der Waals surface area contributed by atoms with Gasteiger partial charge in [-0.05, 0) is 49.1 Å². The molecule has 1 amide bonds. The van der Waals surface area contributed by atoms with Gasteiger partial charge in [0.2, 0.25) is 5.91 Å². The van der Waals surface area contributed by atoms with Crippen molar-refractivity contribution in [2.45, 2.75) is 63.2 Å². The van der Waals surface area contributed by atoms with Crippen LogP contribution in [0.5, 0.6) is 0 Å². The van der Waals surface area contributed by atoms with Gasteiger partial charge >= 0.3 is 0 Å². The fourth-order valence-electron chi connectivity index (χ4n) is 4.96. The van der Waals surface area contributed by atoms with Gasteiger partial charge in [-0.1, -0.05) is 48.9 Å². The van der Waals surface area contributed by atoms with Crippen molar-refractivity contribution in [2.24, 2.45) is 5.92 Å². The number of carbonyl (C=O) groups excluding carboxylic acids is 1. The second-order valence-electron chi connectivity index (χ2n) is 8.91. The Labute approximate surface area is 188 Å². The van der Waals surface area contributed by atoms with Gasteiger partial charge in [0, 0.05) is 25.2 Å². The lowest BCUT2D eigenvalue weighted by atomic mass is 9.82. The quantitative estimate of drug-likeness (QED) is 0.552.